The number of aliphatic hydroxyl groups excluding tert-OH is 1. The summed E-state index contributed by atoms with van der Waals surface area (Å²) < 4.78 is 18.0. The van der Waals surface area contributed by atoms with Crippen LogP contribution in [0.3, 0.4) is 0 Å². The SMILES string of the molecule is C=C[C@@]1(C)CC(=O)[C@]2(O)[C@@]3(C)[C@@H](OC(C)=O)CCC(C)(C)[C@@H]3[C@H](O)[C@H](OC(=O)CN(C)C)[C@@]2(C)O1. The molecule has 9 nitrogen and oxygen atoms in total. The molecular formula is C26H41NO8. The summed E-state index contributed by atoms with van der Waals surface area (Å²) in [4.78, 5) is 40.5. The Morgan fingerprint density at radius 3 is 2.31 bits per heavy atom. The third-order valence-electron chi connectivity index (χ3n) is 8.70. The van der Waals surface area contributed by atoms with E-state index in [1.165, 1.54) is 19.9 Å². The number of aliphatic hydroxyl groups is 2. The fourth-order valence-electron chi connectivity index (χ4n) is 7.28. The first-order valence-corrected chi connectivity index (χ1v) is 12.2. The highest BCUT2D eigenvalue weighted by Crippen LogP contribution is 2.67. The van der Waals surface area contributed by atoms with Gasteiger partial charge in [0.15, 0.2) is 17.5 Å². The lowest BCUT2D eigenvalue weighted by Crippen LogP contribution is -2.87. The summed E-state index contributed by atoms with van der Waals surface area (Å²) in [6.45, 7) is 13.7. The number of carbonyl (C=O) groups excluding carboxylic acids is 3. The Balaban J connectivity index is 2.30. The molecule has 1 saturated heterocycles. The molecule has 3 aliphatic rings. The number of ether oxygens (including phenoxy) is 3. The zero-order valence-electron chi connectivity index (χ0n) is 22.2. The van der Waals surface area contributed by atoms with Gasteiger partial charge in [0.2, 0.25) is 0 Å². The molecule has 198 valence electrons. The number of Topliss-reactive ketones (excluding diaryl/α,β-unsaturated/α-hetero) is 1. The van der Waals surface area contributed by atoms with Crippen LogP contribution in [0, 0.1) is 16.7 Å². The molecule has 0 aromatic carbocycles. The molecule has 0 aromatic rings. The number of hydrogen-bond acceptors (Lipinski definition) is 9. The van der Waals surface area contributed by atoms with Gasteiger partial charge in [0.1, 0.15) is 11.7 Å². The minimum Gasteiger partial charge on any atom is -0.462 e. The molecule has 9 heteroatoms. The van der Waals surface area contributed by atoms with Crippen molar-refractivity contribution in [3.63, 3.8) is 0 Å². The molecule has 2 saturated carbocycles. The van der Waals surface area contributed by atoms with Crippen LogP contribution in [0.1, 0.15) is 60.8 Å². The van der Waals surface area contributed by atoms with Gasteiger partial charge in [0.25, 0.3) is 0 Å². The van der Waals surface area contributed by atoms with E-state index in [1.54, 1.807) is 32.8 Å². The van der Waals surface area contributed by atoms with Crippen LogP contribution >= 0.6 is 0 Å². The first kappa shape index (κ1) is 27.8. The Labute approximate surface area is 207 Å². The number of rotatable bonds is 5. The van der Waals surface area contributed by atoms with E-state index in [0.717, 1.165) is 0 Å². The first-order valence-electron chi connectivity index (χ1n) is 12.2. The largest absolute Gasteiger partial charge is 0.462 e. The summed E-state index contributed by atoms with van der Waals surface area (Å²) in [5.41, 5.74) is -7.29. The topological polar surface area (TPSA) is 123 Å². The minimum absolute atomic E-state index is 0.0637. The van der Waals surface area contributed by atoms with E-state index in [9.17, 15) is 24.6 Å². The Kier molecular flexibility index (Phi) is 6.86. The van der Waals surface area contributed by atoms with Gasteiger partial charge >= 0.3 is 11.9 Å². The van der Waals surface area contributed by atoms with Gasteiger partial charge in [0, 0.05) is 24.7 Å². The third kappa shape index (κ3) is 3.95. The highest BCUT2D eigenvalue weighted by Gasteiger charge is 2.82. The summed E-state index contributed by atoms with van der Waals surface area (Å²) in [7, 11) is 3.41. The molecule has 0 radical (unpaired) electrons. The molecule has 3 fully saturated rings. The molecule has 2 N–H and O–H groups in total. The normalized spacial score (nSPS) is 44.7. The summed E-state index contributed by atoms with van der Waals surface area (Å²) in [5.74, 6) is -2.46. The van der Waals surface area contributed by atoms with Crippen LogP contribution in [0.4, 0.5) is 0 Å². The lowest BCUT2D eigenvalue weighted by atomic mass is 9.39. The predicted octanol–water partition coefficient (Wildman–Crippen LogP) is 1.63. The predicted molar refractivity (Wildman–Crippen MR) is 127 cm³/mol. The number of ketones is 1. The van der Waals surface area contributed by atoms with Crippen molar-refractivity contribution < 1.29 is 38.8 Å². The van der Waals surface area contributed by atoms with E-state index in [2.05, 4.69) is 6.58 Å². The fourth-order valence-corrected chi connectivity index (χ4v) is 7.28. The van der Waals surface area contributed by atoms with Crippen LogP contribution < -0.4 is 0 Å². The van der Waals surface area contributed by atoms with Crippen LogP contribution in [-0.2, 0) is 28.6 Å². The average molecular weight is 496 g/mol. The van der Waals surface area contributed by atoms with Crippen LogP contribution in [0.2, 0.25) is 0 Å². The van der Waals surface area contributed by atoms with Crippen LogP contribution in [0.15, 0.2) is 12.7 Å². The van der Waals surface area contributed by atoms with Crippen LogP contribution in [-0.4, -0.2) is 88.6 Å². The summed E-state index contributed by atoms with van der Waals surface area (Å²) >= 11 is 0. The molecule has 0 bridgehead atoms. The average Bonchev–Trinajstić information content (AvgIpc) is 2.70. The van der Waals surface area contributed by atoms with Crippen molar-refractivity contribution in [3.8, 4) is 0 Å². The second kappa shape index (κ2) is 8.64. The van der Waals surface area contributed by atoms with E-state index in [4.69, 9.17) is 14.2 Å². The Bertz CT molecular complexity index is 917. The Morgan fingerprint density at radius 1 is 1.20 bits per heavy atom. The molecule has 1 aliphatic heterocycles. The molecule has 0 unspecified atom stereocenters. The number of likely N-dealkylation sites (N-methyl/N-ethyl adjacent to an activating group) is 1. The molecule has 0 amide bonds. The number of carbonyl (C=O) groups is 3. The standard InChI is InChI=1S/C26H41NO8/c1-10-23(5)13-16(29)26(32)24(6)17(33-15(2)28)11-12-22(3,4)20(24)19(31)21(25(26,7)35-23)34-18(30)14-27(8)9/h10,17,19-21,31-32H,1,11-14H2,2-9H3/t17-,19-,20-,21-,23-,24-,25+,26-/m0/s1. The van der Waals surface area contributed by atoms with Crippen LogP contribution in [0.25, 0.3) is 0 Å². The first-order chi connectivity index (χ1) is 15.9. The van der Waals surface area contributed by atoms with E-state index >= 15 is 0 Å². The lowest BCUT2D eigenvalue weighted by molar-refractivity contribution is -0.371. The number of fused-ring (bicyclic) bond motifs is 3. The van der Waals surface area contributed by atoms with E-state index in [-0.39, 0.29) is 13.0 Å². The van der Waals surface area contributed by atoms with Crippen molar-refractivity contribution in [3.05, 3.63) is 12.7 Å². The van der Waals surface area contributed by atoms with Gasteiger partial charge < -0.3 is 24.4 Å². The second-order valence-corrected chi connectivity index (χ2v) is 12.1. The Hall–Kier alpha value is -1.81. The third-order valence-corrected chi connectivity index (χ3v) is 8.70. The van der Waals surface area contributed by atoms with E-state index in [0.29, 0.717) is 12.8 Å². The highest BCUT2D eigenvalue weighted by molar-refractivity contribution is 5.92. The summed E-state index contributed by atoms with van der Waals surface area (Å²) in [6, 6.07) is 0. The maximum Gasteiger partial charge on any atom is 0.320 e. The highest BCUT2D eigenvalue weighted by atomic mass is 16.6. The maximum atomic E-state index is 14.0. The molecule has 0 spiro atoms. The molecule has 1 heterocycles. The van der Waals surface area contributed by atoms with Crippen molar-refractivity contribution in [2.75, 3.05) is 20.6 Å². The number of esters is 2. The quantitative estimate of drug-likeness (QED) is 0.433. The molecule has 35 heavy (non-hydrogen) atoms. The van der Waals surface area contributed by atoms with E-state index in [1.807, 2.05) is 13.8 Å². The van der Waals surface area contributed by atoms with Gasteiger partial charge in [-0.1, -0.05) is 26.8 Å². The molecular weight excluding hydrogens is 454 g/mol. The van der Waals surface area contributed by atoms with Gasteiger partial charge in [-0.05, 0) is 46.2 Å². The molecule has 3 rings (SSSR count). The summed E-state index contributed by atoms with van der Waals surface area (Å²) in [5, 5.41) is 24.5. The zero-order chi connectivity index (χ0) is 26.8. The lowest BCUT2D eigenvalue weighted by Gasteiger charge is -2.71. The van der Waals surface area contributed by atoms with Crippen molar-refractivity contribution >= 4 is 17.7 Å². The molecule has 8 atom stereocenters. The van der Waals surface area contributed by atoms with Crippen molar-refractivity contribution in [1.29, 1.82) is 0 Å². The second-order valence-electron chi connectivity index (χ2n) is 12.1. The molecule has 2 aliphatic carbocycles. The van der Waals surface area contributed by atoms with E-state index < -0.39 is 69.6 Å². The summed E-state index contributed by atoms with van der Waals surface area (Å²) in [6.07, 6.45) is -1.29. The smallest absolute Gasteiger partial charge is 0.320 e. The van der Waals surface area contributed by atoms with Gasteiger partial charge in [-0.15, -0.1) is 6.58 Å². The fraction of sp³-hybridized carbons (Fsp3) is 0.808. The van der Waals surface area contributed by atoms with Crippen molar-refractivity contribution in [2.24, 2.45) is 16.7 Å². The minimum atomic E-state index is -2.24. The number of hydrogen-bond donors (Lipinski definition) is 2. The van der Waals surface area contributed by atoms with Crippen molar-refractivity contribution in [1.82, 2.24) is 4.90 Å². The van der Waals surface area contributed by atoms with Gasteiger partial charge in [-0.25, -0.2) is 0 Å². The van der Waals surface area contributed by atoms with Gasteiger partial charge in [0.05, 0.1) is 18.2 Å². The molecule has 0 aromatic heterocycles. The monoisotopic (exact) mass is 495 g/mol. The van der Waals surface area contributed by atoms with Gasteiger partial charge in [-0.3, -0.25) is 19.3 Å². The van der Waals surface area contributed by atoms with Crippen LogP contribution in [0.5, 0.6) is 0 Å². The zero-order valence-corrected chi connectivity index (χ0v) is 22.2. The Morgan fingerprint density at radius 2 is 1.80 bits per heavy atom. The van der Waals surface area contributed by atoms with Gasteiger partial charge in [-0.2, -0.15) is 0 Å². The number of nitrogens with zero attached hydrogens (tertiary/aromatic N) is 1. The maximum absolute atomic E-state index is 14.0. The van der Waals surface area contributed by atoms with Crippen molar-refractivity contribution in [2.45, 2.75) is 95.9 Å².